The highest BCUT2D eigenvalue weighted by molar-refractivity contribution is 7.98. The van der Waals surface area contributed by atoms with Crippen molar-refractivity contribution in [2.24, 2.45) is 5.73 Å². The van der Waals surface area contributed by atoms with Crippen LogP contribution in [0.4, 0.5) is 0 Å². The summed E-state index contributed by atoms with van der Waals surface area (Å²) in [4.78, 5) is 49.2. The van der Waals surface area contributed by atoms with E-state index in [1.165, 1.54) is 11.8 Å². The van der Waals surface area contributed by atoms with Gasteiger partial charge >= 0.3 is 11.9 Å². The third-order valence-electron chi connectivity index (χ3n) is 4.99. The van der Waals surface area contributed by atoms with Crippen LogP contribution in [0.5, 0.6) is 0 Å². The summed E-state index contributed by atoms with van der Waals surface area (Å²) in [6, 6.07) is 15.2. The number of nitrogens with one attached hydrogen (secondary N) is 2. The first-order valence-electron chi connectivity index (χ1n) is 11.2. The summed E-state index contributed by atoms with van der Waals surface area (Å²) >= 11 is 1.45. The lowest BCUT2D eigenvalue weighted by Crippen LogP contribution is -2.50. The SMILES string of the molecule is CCOC(=O)[C@H](NC(=O)[C@H](CSCc1ccccc1)NC(=O)CC[C@H](N)C(=O)O)c1ccccc1. The zero-order chi connectivity index (χ0) is 25.6. The smallest absolute Gasteiger partial charge is 0.333 e. The van der Waals surface area contributed by atoms with Crippen molar-refractivity contribution in [3.05, 3.63) is 71.8 Å². The molecule has 2 aromatic carbocycles. The normalized spacial score (nSPS) is 13.2. The highest BCUT2D eigenvalue weighted by atomic mass is 32.2. The number of thioether (sulfide) groups is 1. The number of carboxylic acid groups (broad SMARTS) is 1. The molecule has 3 atom stereocenters. The molecule has 0 aliphatic carbocycles. The van der Waals surface area contributed by atoms with Crippen molar-refractivity contribution < 1.29 is 29.0 Å². The van der Waals surface area contributed by atoms with Crippen molar-refractivity contribution in [1.82, 2.24) is 10.6 Å². The Hall–Kier alpha value is -3.37. The highest BCUT2D eigenvalue weighted by Gasteiger charge is 2.29. The van der Waals surface area contributed by atoms with Gasteiger partial charge in [-0.1, -0.05) is 60.7 Å². The lowest BCUT2D eigenvalue weighted by atomic mass is 10.1. The second-order valence-electron chi connectivity index (χ2n) is 7.71. The van der Waals surface area contributed by atoms with Crippen LogP contribution >= 0.6 is 11.8 Å². The molecule has 9 nitrogen and oxygen atoms in total. The summed E-state index contributed by atoms with van der Waals surface area (Å²) < 4.78 is 5.13. The van der Waals surface area contributed by atoms with E-state index in [2.05, 4.69) is 10.6 Å². The molecule has 2 rings (SSSR count). The van der Waals surface area contributed by atoms with E-state index in [4.69, 9.17) is 15.6 Å². The largest absolute Gasteiger partial charge is 0.480 e. The number of rotatable bonds is 14. The van der Waals surface area contributed by atoms with Crippen molar-refractivity contribution in [3.63, 3.8) is 0 Å². The highest BCUT2D eigenvalue weighted by Crippen LogP contribution is 2.17. The zero-order valence-electron chi connectivity index (χ0n) is 19.5. The number of carbonyl (C=O) groups excluding carboxylic acids is 3. The summed E-state index contributed by atoms with van der Waals surface area (Å²) in [5.74, 6) is -2.02. The molecule has 0 unspecified atom stereocenters. The van der Waals surface area contributed by atoms with Gasteiger partial charge in [0.1, 0.15) is 12.1 Å². The summed E-state index contributed by atoms with van der Waals surface area (Å²) in [6.07, 6.45) is -0.220. The van der Waals surface area contributed by atoms with Crippen molar-refractivity contribution in [3.8, 4) is 0 Å². The first-order chi connectivity index (χ1) is 16.8. The number of aliphatic carboxylic acids is 1. The predicted molar refractivity (Wildman–Crippen MR) is 133 cm³/mol. The van der Waals surface area contributed by atoms with Crippen LogP contribution in [0.25, 0.3) is 0 Å². The monoisotopic (exact) mass is 501 g/mol. The Labute approximate surface area is 208 Å². The number of carboxylic acids is 1. The van der Waals surface area contributed by atoms with Crippen molar-refractivity contribution >= 4 is 35.5 Å². The third-order valence-corrected chi connectivity index (χ3v) is 6.10. The molecule has 2 aromatic rings. The maximum absolute atomic E-state index is 13.2. The standard InChI is InChI=1S/C25H31N3O6S/c1-2-34-25(33)22(18-11-7-4-8-12-18)28-23(30)20(16-35-15-17-9-5-3-6-10-17)27-21(29)14-13-19(26)24(31)32/h3-12,19-20,22H,2,13-16,26H2,1H3,(H,27,29)(H,28,30)(H,31,32)/t19-,20-,22+/m0/s1. The Morgan fingerprint density at radius 1 is 1.00 bits per heavy atom. The Morgan fingerprint density at radius 3 is 2.23 bits per heavy atom. The molecule has 0 bridgehead atoms. The van der Waals surface area contributed by atoms with Gasteiger partial charge in [-0.3, -0.25) is 14.4 Å². The molecule has 0 aliphatic rings. The number of nitrogens with two attached hydrogens (primary N) is 1. The van der Waals surface area contributed by atoms with Crippen molar-refractivity contribution in [2.45, 2.75) is 43.6 Å². The number of esters is 1. The van der Waals surface area contributed by atoms with E-state index in [1.807, 2.05) is 30.3 Å². The Bertz CT molecular complexity index is 974. The van der Waals surface area contributed by atoms with Crippen molar-refractivity contribution in [2.75, 3.05) is 12.4 Å². The first-order valence-corrected chi connectivity index (χ1v) is 12.4. The number of hydrogen-bond donors (Lipinski definition) is 4. The van der Waals surface area contributed by atoms with Crippen LogP contribution in [0.3, 0.4) is 0 Å². The number of hydrogen-bond acceptors (Lipinski definition) is 7. The summed E-state index contributed by atoms with van der Waals surface area (Å²) in [7, 11) is 0. The van der Waals surface area contributed by atoms with E-state index in [-0.39, 0.29) is 25.2 Å². The van der Waals surface area contributed by atoms with E-state index < -0.39 is 41.9 Å². The third kappa shape index (κ3) is 9.79. The fourth-order valence-corrected chi connectivity index (χ4v) is 4.14. The molecule has 10 heteroatoms. The van der Waals surface area contributed by atoms with Gasteiger partial charge in [0.2, 0.25) is 11.8 Å². The molecule has 2 amide bonds. The number of amides is 2. The van der Waals surface area contributed by atoms with Gasteiger partial charge in [-0.05, 0) is 24.5 Å². The van der Waals surface area contributed by atoms with Crippen LogP contribution in [0.2, 0.25) is 0 Å². The van der Waals surface area contributed by atoms with Gasteiger partial charge in [0.05, 0.1) is 6.61 Å². The summed E-state index contributed by atoms with van der Waals surface area (Å²) in [5, 5.41) is 14.3. The summed E-state index contributed by atoms with van der Waals surface area (Å²) in [6.45, 7) is 1.82. The van der Waals surface area contributed by atoms with E-state index in [0.29, 0.717) is 11.3 Å². The van der Waals surface area contributed by atoms with Crippen LogP contribution in [0, 0.1) is 0 Å². The Balaban J connectivity index is 2.11. The number of carbonyl (C=O) groups is 4. The average molecular weight is 502 g/mol. The second-order valence-corrected chi connectivity index (χ2v) is 8.74. The van der Waals surface area contributed by atoms with Gasteiger partial charge in [-0.25, -0.2) is 4.79 Å². The Morgan fingerprint density at radius 2 is 1.63 bits per heavy atom. The van der Waals surface area contributed by atoms with E-state index in [0.717, 1.165) is 5.56 Å². The molecule has 0 radical (unpaired) electrons. The molecule has 188 valence electrons. The summed E-state index contributed by atoms with van der Waals surface area (Å²) in [5.41, 5.74) is 7.09. The first kappa shape index (κ1) is 27.9. The van der Waals surface area contributed by atoms with Crippen LogP contribution in [0.1, 0.15) is 36.9 Å². The van der Waals surface area contributed by atoms with Gasteiger partial charge in [-0.2, -0.15) is 11.8 Å². The molecule has 35 heavy (non-hydrogen) atoms. The van der Waals surface area contributed by atoms with Gasteiger partial charge in [-0.15, -0.1) is 0 Å². The van der Waals surface area contributed by atoms with Crippen LogP contribution in [-0.4, -0.2) is 53.3 Å². The average Bonchev–Trinajstić information content (AvgIpc) is 2.86. The van der Waals surface area contributed by atoms with E-state index in [1.54, 1.807) is 37.3 Å². The molecule has 0 spiro atoms. The minimum Gasteiger partial charge on any atom is -0.480 e. The molecule has 0 aliphatic heterocycles. The minimum atomic E-state index is -1.20. The predicted octanol–water partition coefficient (Wildman–Crippen LogP) is 2.02. The second kappa shape index (κ2) is 14.8. The minimum absolute atomic E-state index is 0.0673. The van der Waals surface area contributed by atoms with Crippen LogP contribution < -0.4 is 16.4 Å². The molecule has 5 N–H and O–H groups in total. The maximum atomic E-state index is 13.2. The lowest BCUT2D eigenvalue weighted by molar-refractivity contribution is -0.147. The molecule has 0 fully saturated rings. The van der Waals surface area contributed by atoms with Crippen LogP contribution in [0.15, 0.2) is 60.7 Å². The Kier molecular flexibility index (Phi) is 11.8. The molecule has 0 saturated heterocycles. The van der Waals surface area contributed by atoms with Gasteiger partial charge < -0.3 is 26.2 Å². The topological polar surface area (TPSA) is 148 Å². The molecular weight excluding hydrogens is 470 g/mol. The van der Waals surface area contributed by atoms with Crippen molar-refractivity contribution in [1.29, 1.82) is 0 Å². The fourth-order valence-electron chi connectivity index (χ4n) is 3.12. The lowest BCUT2D eigenvalue weighted by Gasteiger charge is -2.23. The van der Waals surface area contributed by atoms with Crippen LogP contribution in [-0.2, 0) is 29.7 Å². The molecule has 0 saturated carbocycles. The van der Waals surface area contributed by atoms with Gasteiger partial charge in [0, 0.05) is 17.9 Å². The van der Waals surface area contributed by atoms with Gasteiger partial charge in [0.15, 0.2) is 6.04 Å². The number of ether oxygens (including phenoxy) is 1. The molecule has 0 aromatic heterocycles. The quantitative estimate of drug-likeness (QED) is 0.287. The van der Waals surface area contributed by atoms with E-state index >= 15 is 0 Å². The fraction of sp³-hybridized carbons (Fsp3) is 0.360. The molecular formula is C25H31N3O6S. The van der Waals surface area contributed by atoms with E-state index in [9.17, 15) is 19.2 Å². The molecule has 0 heterocycles. The maximum Gasteiger partial charge on any atom is 0.333 e. The number of benzene rings is 2. The zero-order valence-corrected chi connectivity index (χ0v) is 20.3. The van der Waals surface area contributed by atoms with Gasteiger partial charge in [0.25, 0.3) is 0 Å².